The third kappa shape index (κ3) is 2.85. The predicted molar refractivity (Wildman–Crippen MR) is 64.8 cm³/mol. The van der Waals surface area contributed by atoms with Crippen LogP contribution in [0.2, 0.25) is 0 Å². The van der Waals surface area contributed by atoms with Gasteiger partial charge in [-0.1, -0.05) is 12.1 Å². The second-order valence-electron chi connectivity index (χ2n) is 4.50. The van der Waals surface area contributed by atoms with E-state index in [9.17, 15) is 4.39 Å². The number of hydrogen-bond acceptors (Lipinski definition) is 3. The molecule has 0 spiro atoms. The van der Waals surface area contributed by atoms with Gasteiger partial charge in [-0.3, -0.25) is 4.90 Å². The zero-order chi connectivity index (χ0) is 13.0. The monoisotopic (exact) mass is 243 g/mol. The summed E-state index contributed by atoms with van der Waals surface area (Å²) < 4.78 is 13.9. The molecule has 0 unspecified atom stereocenters. The average Bonchev–Trinajstić information content (AvgIpc) is 3.20. The lowest BCUT2D eigenvalue weighted by molar-refractivity contribution is 0.257. The van der Waals surface area contributed by atoms with E-state index in [2.05, 4.69) is 11.0 Å². The van der Waals surface area contributed by atoms with Crippen LogP contribution in [0.25, 0.3) is 0 Å². The molecule has 2 rings (SSSR count). The third-order valence-electron chi connectivity index (χ3n) is 3.15. The number of halogens is 1. The summed E-state index contributed by atoms with van der Waals surface area (Å²) in [4.78, 5) is 2.13. The maximum absolute atomic E-state index is 13.9. The maximum atomic E-state index is 13.9. The first kappa shape index (κ1) is 12.5. The van der Waals surface area contributed by atoms with Crippen LogP contribution in [0.4, 0.5) is 4.39 Å². The molecule has 18 heavy (non-hydrogen) atoms. The number of benzene rings is 1. The molecule has 0 aromatic heterocycles. The molecule has 0 N–H and O–H groups in total. The van der Waals surface area contributed by atoms with Gasteiger partial charge in [0.1, 0.15) is 11.9 Å². The van der Waals surface area contributed by atoms with Gasteiger partial charge in [-0.05, 0) is 18.9 Å². The summed E-state index contributed by atoms with van der Waals surface area (Å²) in [5.74, 6) is -0.428. The first-order valence-electron chi connectivity index (χ1n) is 6.04. The summed E-state index contributed by atoms with van der Waals surface area (Å²) in [6, 6.07) is 9.33. The summed E-state index contributed by atoms with van der Waals surface area (Å²) in [6.45, 7) is 1.14. The van der Waals surface area contributed by atoms with E-state index in [4.69, 9.17) is 10.5 Å². The average molecular weight is 243 g/mol. The van der Waals surface area contributed by atoms with Gasteiger partial charge in [-0.15, -0.1) is 0 Å². The van der Waals surface area contributed by atoms with E-state index >= 15 is 0 Å². The summed E-state index contributed by atoms with van der Waals surface area (Å²) in [5.41, 5.74) is 0.627. The molecule has 0 saturated heterocycles. The Labute approximate surface area is 106 Å². The standard InChI is InChI=1S/C14H14FN3/c15-14-11(9-17)3-1-4-12(14)10-18(8-2-7-16)13-5-6-13/h1,3-4,13H,2,5-6,8,10H2. The van der Waals surface area contributed by atoms with Gasteiger partial charge in [-0.25, -0.2) is 4.39 Å². The minimum absolute atomic E-state index is 0.0866. The Morgan fingerprint density at radius 2 is 2.11 bits per heavy atom. The predicted octanol–water partition coefficient (Wildman–Crippen LogP) is 2.58. The highest BCUT2D eigenvalue weighted by Gasteiger charge is 2.29. The fourth-order valence-electron chi connectivity index (χ4n) is 2.03. The number of rotatable bonds is 5. The van der Waals surface area contributed by atoms with E-state index in [0.717, 1.165) is 12.8 Å². The summed E-state index contributed by atoms with van der Waals surface area (Å²) in [6.07, 6.45) is 2.69. The van der Waals surface area contributed by atoms with Crippen LogP contribution in [-0.4, -0.2) is 17.5 Å². The molecule has 1 aliphatic carbocycles. The molecule has 92 valence electrons. The lowest BCUT2D eigenvalue weighted by atomic mass is 10.1. The fraction of sp³-hybridized carbons (Fsp3) is 0.429. The van der Waals surface area contributed by atoms with Crippen molar-refractivity contribution >= 4 is 0 Å². The highest BCUT2D eigenvalue weighted by Crippen LogP contribution is 2.29. The quantitative estimate of drug-likeness (QED) is 0.798. The molecule has 1 aliphatic rings. The molecule has 1 aromatic carbocycles. The largest absolute Gasteiger partial charge is 0.295 e. The number of hydrogen-bond donors (Lipinski definition) is 0. The molecule has 4 heteroatoms. The summed E-state index contributed by atoms with van der Waals surface area (Å²) in [5, 5.41) is 17.4. The van der Waals surface area contributed by atoms with Crippen molar-refractivity contribution in [1.29, 1.82) is 10.5 Å². The van der Waals surface area contributed by atoms with Crippen LogP contribution < -0.4 is 0 Å². The SMILES string of the molecule is N#CCCN(Cc1cccc(C#N)c1F)C1CC1. The lowest BCUT2D eigenvalue weighted by Gasteiger charge is -2.21. The highest BCUT2D eigenvalue weighted by atomic mass is 19.1. The first-order valence-corrected chi connectivity index (χ1v) is 6.04. The minimum atomic E-state index is -0.428. The fourth-order valence-corrected chi connectivity index (χ4v) is 2.03. The van der Waals surface area contributed by atoms with Gasteiger partial charge in [0.25, 0.3) is 0 Å². The van der Waals surface area contributed by atoms with Gasteiger partial charge >= 0.3 is 0 Å². The minimum Gasteiger partial charge on any atom is -0.295 e. The Bertz CT molecular complexity index is 509. The van der Waals surface area contributed by atoms with Crippen molar-refractivity contribution in [1.82, 2.24) is 4.90 Å². The maximum Gasteiger partial charge on any atom is 0.145 e. The van der Waals surface area contributed by atoms with Crippen molar-refractivity contribution < 1.29 is 4.39 Å². The van der Waals surface area contributed by atoms with Gasteiger partial charge in [0.05, 0.1) is 11.6 Å². The Morgan fingerprint density at radius 1 is 1.33 bits per heavy atom. The zero-order valence-corrected chi connectivity index (χ0v) is 10.1. The Balaban J connectivity index is 2.12. The zero-order valence-electron chi connectivity index (χ0n) is 10.1. The van der Waals surface area contributed by atoms with Crippen molar-refractivity contribution in [2.45, 2.75) is 31.8 Å². The van der Waals surface area contributed by atoms with Gasteiger partial charge in [0.2, 0.25) is 0 Å². The second kappa shape index (κ2) is 5.62. The molecule has 0 amide bonds. The molecule has 0 bridgehead atoms. The van der Waals surface area contributed by atoms with Crippen molar-refractivity contribution in [2.75, 3.05) is 6.54 Å². The van der Waals surface area contributed by atoms with Crippen molar-refractivity contribution in [2.24, 2.45) is 0 Å². The first-order chi connectivity index (χ1) is 8.76. The Kier molecular flexibility index (Phi) is 3.92. The molecular formula is C14H14FN3. The molecular weight excluding hydrogens is 229 g/mol. The van der Waals surface area contributed by atoms with Gasteiger partial charge in [-0.2, -0.15) is 10.5 Å². The van der Waals surface area contributed by atoms with Gasteiger partial charge < -0.3 is 0 Å². The summed E-state index contributed by atoms with van der Waals surface area (Å²) in [7, 11) is 0. The third-order valence-corrected chi connectivity index (χ3v) is 3.15. The number of nitrogens with zero attached hydrogens (tertiary/aromatic N) is 3. The van der Waals surface area contributed by atoms with Crippen LogP contribution in [-0.2, 0) is 6.54 Å². The summed E-state index contributed by atoms with van der Waals surface area (Å²) >= 11 is 0. The molecule has 1 aromatic rings. The van der Waals surface area contributed by atoms with E-state index < -0.39 is 5.82 Å². The molecule has 0 radical (unpaired) electrons. The van der Waals surface area contributed by atoms with E-state index in [1.807, 2.05) is 6.07 Å². The van der Waals surface area contributed by atoms with Crippen LogP contribution in [0.15, 0.2) is 18.2 Å². The van der Waals surface area contributed by atoms with Crippen LogP contribution in [0, 0.1) is 28.5 Å². The smallest absolute Gasteiger partial charge is 0.145 e. The topological polar surface area (TPSA) is 50.8 Å². The van der Waals surface area contributed by atoms with Gasteiger partial charge in [0.15, 0.2) is 0 Å². The van der Waals surface area contributed by atoms with Gasteiger partial charge in [0, 0.05) is 31.1 Å². The molecule has 0 atom stereocenters. The van der Waals surface area contributed by atoms with Crippen LogP contribution in [0.1, 0.15) is 30.4 Å². The van der Waals surface area contributed by atoms with E-state index in [0.29, 0.717) is 31.1 Å². The molecule has 3 nitrogen and oxygen atoms in total. The van der Waals surface area contributed by atoms with E-state index in [1.54, 1.807) is 12.1 Å². The van der Waals surface area contributed by atoms with Crippen LogP contribution >= 0.6 is 0 Å². The number of nitriles is 2. The lowest BCUT2D eigenvalue weighted by Crippen LogP contribution is -2.27. The molecule has 0 aliphatic heterocycles. The van der Waals surface area contributed by atoms with E-state index in [1.165, 1.54) is 6.07 Å². The van der Waals surface area contributed by atoms with Crippen molar-refractivity contribution in [3.8, 4) is 12.1 Å². The molecule has 0 heterocycles. The van der Waals surface area contributed by atoms with E-state index in [-0.39, 0.29) is 5.56 Å². The Hall–Kier alpha value is -1.91. The highest BCUT2D eigenvalue weighted by molar-refractivity contribution is 5.35. The normalized spacial score (nSPS) is 14.2. The van der Waals surface area contributed by atoms with Crippen LogP contribution in [0.3, 0.4) is 0 Å². The Morgan fingerprint density at radius 3 is 2.72 bits per heavy atom. The second-order valence-corrected chi connectivity index (χ2v) is 4.50. The van der Waals surface area contributed by atoms with Crippen molar-refractivity contribution in [3.05, 3.63) is 35.1 Å². The van der Waals surface area contributed by atoms with Crippen molar-refractivity contribution in [3.63, 3.8) is 0 Å². The molecule has 1 fully saturated rings. The van der Waals surface area contributed by atoms with Crippen LogP contribution in [0.5, 0.6) is 0 Å². The molecule has 1 saturated carbocycles.